The van der Waals surface area contributed by atoms with Crippen LogP contribution in [0.15, 0.2) is 61.2 Å². The van der Waals surface area contributed by atoms with E-state index < -0.39 is 32.4 Å². The molecule has 10 rings (SSSR count). The molecular weight excluding hydrogens is 1050 g/mol. The van der Waals surface area contributed by atoms with E-state index in [0.717, 1.165) is 68.9 Å². The molecule has 8 aromatic rings. The molecule has 8 heterocycles. The van der Waals surface area contributed by atoms with Crippen LogP contribution in [0.4, 0.5) is 17.6 Å². The van der Waals surface area contributed by atoms with Crippen LogP contribution in [0.1, 0.15) is 100 Å². The highest BCUT2D eigenvalue weighted by atomic mass is 28.3. The number of carbonyl (C=O) groups excluding carboxylic acids is 2. The van der Waals surface area contributed by atoms with Gasteiger partial charge in [0.05, 0.1) is 46.6 Å². The normalized spacial score (nSPS) is 15.6. The standard InChI is InChI=1S/C31H43F2N7O3Si.C25H29F2N7O2/c1-31(2,3)36-29(41)23-18-39(19-42-14-15-44(5,6)7)28-27(23)35-24(17-34-28)26-22-16-21(43-30(32)33)8-9-25(22)40(37-26)20-10-12-38(4)13-11-20;1-25(2,3)31-23(35)17-12-28-22-21(17)30-18(13-29-22)20-16-11-15(36-24(26)27)5-6-19(16)34(32-20)14-7-9-33(4)10-8-14/h8-9,16-18,20,30H,10-15,19H2,1-7H3,(H,36,41);5-6,11-14,24H,7-10H2,1-4H3,(H,28,29)(H,31,35). The van der Waals surface area contributed by atoms with Gasteiger partial charge in [-0.1, -0.05) is 19.6 Å². The van der Waals surface area contributed by atoms with Crippen molar-refractivity contribution in [3.05, 3.63) is 72.3 Å². The minimum absolute atomic E-state index is 0.0394. The molecule has 2 fully saturated rings. The van der Waals surface area contributed by atoms with Gasteiger partial charge in [0, 0.05) is 48.9 Å². The maximum Gasteiger partial charge on any atom is 0.387 e. The third-order valence-corrected chi connectivity index (χ3v) is 15.7. The molecule has 19 nitrogen and oxygen atoms in total. The predicted molar refractivity (Wildman–Crippen MR) is 302 cm³/mol. The van der Waals surface area contributed by atoms with Gasteiger partial charge in [0.2, 0.25) is 0 Å². The lowest BCUT2D eigenvalue weighted by atomic mass is 10.1. The molecule has 2 amide bonds. The number of hydrogen-bond acceptors (Lipinski definition) is 13. The molecule has 6 aromatic heterocycles. The summed E-state index contributed by atoms with van der Waals surface area (Å²) in [5.41, 5.74) is 5.16. The van der Waals surface area contributed by atoms with Crippen molar-refractivity contribution >= 4 is 64.0 Å². The lowest BCUT2D eigenvalue weighted by Crippen LogP contribution is -2.40. The molecule has 428 valence electrons. The van der Waals surface area contributed by atoms with Crippen molar-refractivity contribution in [2.45, 2.75) is 136 Å². The van der Waals surface area contributed by atoms with E-state index in [9.17, 15) is 27.2 Å². The molecule has 0 saturated carbocycles. The highest BCUT2D eigenvalue weighted by Crippen LogP contribution is 2.37. The smallest absolute Gasteiger partial charge is 0.387 e. The fourth-order valence-corrected chi connectivity index (χ4v) is 10.7. The van der Waals surface area contributed by atoms with E-state index >= 15 is 0 Å². The van der Waals surface area contributed by atoms with E-state index in [1.165, 1.54) is 12.1 Å². The Bertz CT molecular complexity index is 3510. The van der Waals surface area contributed by atoms with Crippen molar-refractivity contribution in [1.29, 1.82) is 0 Å². The van der Waals surface area contributed by atoms with Gasteiger partial charge in [0.25, 0.3) is 11.8 Å². The number of nitrogens with one attached hydrogen (secondary N) is 3. The second-order valence-corrected chi connectivity index (χ2v) is 29.7. The number of amides is 2. The number of carbonyl (C=O) groups is 2. The van der Waals surface area contributed by atoms with Crippen molar-refractivity contribution in [3.63, 3.8) is 0 Å². The van der Waals surface area contributed by atoms with Gasteiger partial charge in [-0.3, -0.25) is 19.0 Å². The van der Waals surface area contributed by atoms with E-state index in [0.29, 0.717) is 73.6 Å². The fraction of sp³-hybridized carbons (Fsp3) is 0.500. The molecule has 0 spiro atoms. The molecule has 3 N–H and O–H groups in total. The first-order valence-corrected chi connectivity index (χ1v) is 30.7. The number of benzene rings is 2. The lowest BCUT2D eigenvalue weighted by molar-refractivity contribution is -0.0504. The highest BCUT2D eigenvalue weighted by Gasteiger charge is 2.29. The number of halogens is 4. The zero-order valence-electron chi connectivity index (χ0n) is 47.3. The SMILES string of the molecule is CN1CCC(n2nc(-c3cnc4[nH]cc(C(=O)NC(C)(C)C)c4n3)c3cc(OC(F)F)ccc32)CC1.CN1CCC(n2nc(-c3cnc4c(n3)c(C(=O)NC(C)(C)C)cn4COCC[Si](C)(C)C)c3cc(OC(F)F)ccc32)CC1. The quantitative estimate of drug-likeness (QED) is 0.0498. The molecule has 0 aliphatic carbocycles. The van der Waals surface area contributed by atoms with Gasteiger partial charge < -0.3 is 44.2 Å². The van der Waals surface area contributed by atoms with Crippen LogP contribution >= 0.6 is 0 Å². The molecule has 2 aliphatic heterocycles. The Morgan fingerprint density at radius 2 is 1.18 bits per heavy atom. The van der Waals surface area contributed by atoms with Gasteiger partial charge in [-0.15, -0.1) is 0 Å². The van der Waals surface area contributed by atoms with E-state index in [4.69, 9.17) is 34.6 Å². The summed E-state index contributed by atoms with van der Waals surface area (Å²) in [6.45, 7) is 17.0. The average molecular weight is 1130 g/mol. The van der Waals surface area contributed by atoms with Gasteiger partial charge in [-0.2, -0.15) is 27.8 Å². The van der Waals surface area contributed by atoms with Crippen LogP contribution in [-0.2, 0) is 11.5 Å². The lowest BCUT2D eigenvalue weighted by Gasteiger charge is -2.29. The van der Waals surface area contributed by atoms with Crippen LogP contribution in [0.3, 0.4) is 0 Å². The van der Waals surface area contributed by atoms with Crippen molar-refractivity contribution in [1.82, 2.24) is 69.5 Å². The summed E-state index contributed by atoms with van der Waals surface area (Å²) in [6, 6.07) is 11.1. The first-order valence-electron chi connectivity index (χ1n) is 27.0. The van der Waals surface area contributed by atoms with Crippen molar-refractivity contribution in [3.8, 4) is 34.3 Å². The maximum absolute atomic E-state index is 13.5. The zero-order valence-corrected chi connectivity index (χ0v) is 48.3. The first-order chi connectivity index (χ1) is 37.8. The summed E-state index contributed by atoms with van der Waals surface area (Å²) in [7, 11) is 2.91. The second kappa shape index (κ2) is 23.2. The average Bonchev–Trinajstić information content (AvgIpc) is 4.21. The molecule has 2 saturated heterocycles. The summed E-state index contributed by atoms with van der Waals surface area (Å²) in [5.74, 6) is -0.459. The Morgan fingerprint density at radius 1 is 0.700 bits per heavy atom. The number of aromatic nitrogens is 10. The van der Waals surface area contributed by atoms with E-state index in [1.807, 2.05) is 50.9 Å². The number of hydrogen-bond donors (Lipinski definition) is 3. The van der Waals surface area contributed by atoms with Crippen LogP contribution in [0, 0.1) is 0 Å². The Kier molecular flexibility index (Phi) is 16.7. The van der Waals surface area contributed by atoms with Gasteiger partial charge in [0.15, 0.2) is 11.3 Å². The summed E-state index contributed by atoms with van der Waals surface area (Å²) in [4.78, 5) is 52.7. The number of nitrogens with zero attached hydrogens (tertiary/aromatic N) is 11. The van der Waals surface area contributed by atoms with Crippen LogP contribution in [0.5, 0.6) is 11.5 Å². The van der Waals surface area contributed by atoms with Gasteiger partial charge in [0.1, 0.15) is 52.0 Å². The number of aromatic amines is 1. The zero-order chi connectivity index (χ0) is 57.4. The number of rotatable bonds is 15. The molecule has 0 bridgehead atoms. The number of likely N-dealkylation sites (tertiary alicyclic amines) is 2. The summed E-state index contributed by atoms with van der Waals surface area (Å²) >= 11 is 0. The minimum atomic E-state index is -2.95. The second-order valence-electron chi connectivity index (χ2n) is 24.1. The van der Waals surface area contributed by atoms with Crippen molar-refractivity contribution in [2.75, 3.05) is 46.9 Å². The molecule has 24 heteroatoms. The molecule has 2 aliphatic rings. The van der Waals surface area contributed by atoms with E-state index in [-0.39, 0.29) is 42.1 Å². The van der Waals surface area contributed by atoms with Crippen LogP contribution < -0.4 is 20.1 Å². The molecule has 0 unspecified atom stereocenters. The Morgan fingerprint density at radius 3 is 1.65 bits per heavy atom. The van der Waals surface area contributed by atoms with Crippen molar-refractivity contribution in [2.24, 2.45) is 0 Å². The van der Waals surface area contributed by atoms with Gasteiger partial charge >= 0.3 is 13.2 Å². The topological polar surface area (TPSA) is 200 Å². The number of alkyl halides is 4. The number of H-pyrrole nitrogens is 1. The summed E-state index contributed by atoms with van der Waals surface area (Å²) < 4.78 is 73.3. The van der Waals surface area contributed by atoms with E-state index in [1.54, 1.807) is 53.6 Å². The van der Waals surface area contributed by atoms with Gasteiger partial charge in [-0.25, -0.2) is 19.9 Å². The van der Waals surface area contributed by atoms with Crippen molar-refractivity contribution < 1.29 is 41.4 Å². The molecule has 80 heavy (non-hydrogen) atoms. The van der Waals surface area contributed by atoms with E-state index in [2.05, 4.69) is 68.9 Å². The minimum Gasteiger partial charge on any atom is -0.435 e. The van der Waals surface area contributed by atoms with Gasteiger partial charge in [-0.05, 0) is 150 Å². The molecular formula is C56H72F4N14O5Si. The summed E-state index contributed by atoms with van der Waals surface area (Å²) in [6.07, 6.45) is 10.2. The molecule has 0 atom stereocenters. The maximum atomic E-state index is 13.5. The fourth-order valence-electron chi connectivity index (χ4n) is 9.97. The first kappa shape index (κ1) is 57.7. The van der Waals surface area contributed by atoms with Crippen LogP contribution in [0.2, 0.25) is 25.7 Å². The highest BCUT2D eigenvalue weighted by molar-refractivity contribution is 6.76. The van der Waals surface area contributed by atoms with Crippen LogP contribution in [0.25, 0.3) is 66.9 Å². The monoisotopic (exact) mass is 1120 g/mol. The Labute approximate surface area is 462 Å². The Hall–Kier alpha value is -7.02. The number of piperidine rings is 2. The molecule has 2 aromatic carbocycles. The van der Waals surface area contributed by atoms with Crippen LogP contribution in [-0.4, -0.2) is 150 Å². The largest absolute Gasteiger partial charge is 0.435 e. The number of fused-ring (bicyclic) bond motifs is 4. The third-order valence-electron chi connectivity index (χ3n) is 14.0. The molecule has 0 radical (unpaired) electrons. The third kappa shape index (κ3) is 13.6. The summed E-state index contributed by atoms with van der Waals surface area (Å²) in [5, 5.41) is 17.1. The number of ether oxygens (including phenoxy) is 3. The predicted octanol–water partition coefficient (Wildman–Crippen LogP) is 10.5. The Balaban J connectivity index is 0.000000197.